The summed E-state index contributed by atoms with van der Waals surface area (Å²) in [4.78, 5) is 12.1. The minimum Gasteiger partial charge on any atom is -0.489 e. The van der Waals surface area contributed by atoms with Crippen LogP contribution in [0.4, 0.5) is 0 Å². The highest BCUT2D eigenvalue weighted by atomic mass is 16.5. The van der Waals surface area contributed by atoms with Crippen molar-refractivity contribution >= 4 is 5.91 Å². The fraction of sp³-hybridized carbons (Fsp3) is 0.400. The van der Waals surface area contributed by atoms with Crippen molar-refractivity contribution in [2.75, 3.05) is 19.7 Å². The molecule has 1 aromatic rings. The zero-order valence-corrected chi connectivity index (χ0v) is 11.6. The summed E-state index contributed by atoms with van der Waals surface area (Å²) in [7, 11) is 0. The third-order valence-corrected chi connectivity index (χ3v) is 2.61. The Hall–Kier alpha value is -1.81. The maximum Gasteiger partial charge on any atom is 0.255 e. The lowest BCUT2D eigenvalue weighted by molar-refractivity contribution is 0.0946. The molecule has 19 heavy (non-hydrogen) atoms. The number of carbonyl (C=O) groups is 1. The molecule has 1 rings (SSSR count). The van der Waals surface area contributed by atoms with Gasteiger partial charge in [-0.25, -0.2) is 0 Å². The number of ether oxygens (including phenoxy) is 1. The zero-order chi connectivity index (χ0) is 14.1. The molecule has 0 radical (unpaired) electrons. The molecule has 0 heterocycles. The SMILES string of the molecule is C=CCOc1ccccc1C(=O)NC[C@@H](C)NCC. The first-order chi connectivity index (χ1) is 9.19. The van der Waals surface area contributed by atoms with Crippen molar-refractivity contribution in [1.29, 1.82) is 0 Å². The monoisotopic (exact) mass is 262 g/mol. The van der Waals surface area contributed by atoms with Crippen LogP contribution in [-0.2, 0) is 0 Å². The second-order valence-electron chi connectivity index (χ2n) is 4.26. The number of hydrogen-bond acceptors (Lipinski definition) is 3. The van der Waals surface area contributed by atoms with Gasteiger partial charge in [0.1, 0.15) is 12.4 Å². The number of hydrogen-bond donors (Lipinski definition) is 2. The van der Waals surface area contributed by atoms with Crippen LogP contribution < -0.4 is 15.4 Å². The number of para-hydroxylation sites is 1. The van der Waals surface area contributed by atoms with Crippen molar-refractivity contribution in [3.63, 3.8) is 0 Å². The number of carbonyl (C=O) groups excluding carboxylic acids is 1. The second kappa shape index (κ2) is 8.32. The molecule has 104 valence electrons. The van der Waals surface area contributed by atoms with Gasteiger partial charge in [-0.05, 0) is 25.6 Å². The van der Waals surface area contributed by atoms with Crippen LogP contribution in [0.5, 0.6) is 5.75 Å². The van der Waals surface area contributed by atoms with Gasteiger partial charge in [-0.15, -0.1) is 0 Å². The van der Waals surface area contributed by atoms with Crippen molar-refractivity contribution < 1.29 is 9.53 Å². The number of rotatable bonds is 8. The summed E-state index contributed by atoms with van der Waals surface area (Å²) in [5, 5.41) is 6.14. The molecule has 0 aliphatic rings. The number of nitrogens with one attached hydrogen (secondary N) is 2. The van der Waals surface area contributed by atoms with Gasteiger partial charge < -0.3 is 15.4 Å². The Bertz CT molecular complexity index is 418. The summed E-state index contributed by atoms with van der Waals surface area (Å²) in [5.74, 6) is 0.459. The molecule has 1 aromatic carbocycles. The molecule has 0 fully saturated rings. The topological polar surface area (TPSA) is 50.4 Å². The summed E-state index contributed by atoms with van der Waals surface area (Å²) < 4.78 is 5.47. The molecule has 2 N–H and O–H groups in total. The van der Waals surface area contributed by atoms with Gasteiger partial charge in [-0.3, -0.25) is 4.79 Å². The molecule has 0 saturated heterocycles. The zero-order valence-electron chi connectivity index (χ0n) is 11.6. The maximum atomic E-state index is 12.1. The molecule has 4 heteroatoms. The largest absolute Gasteiger partial charge is 0.489 e. The average molecular weight is 262 g/mol. The number of benzene rings is 1. The molecule has 0 aliphatic carbocycles. The fourth-order valence-electron chi connectivity index (χ4n) is 1.69. The molecule has 1 amide bonds. The van der Waals surface area contributed by atoms with Gasteiger partial charge in [0.05, 0.1) is 5.56 Å². The van der Waals surface area contributed by atoms with Gasteiger partial charge in [0, 0.05) is 12.6 Å². The lowest BCUT2D eigenvalue weighted by Gasteiger charge is -2.14. The van der Waals surface area contributed by atoms with Crippen LogP contribution in [0.1, 0.15) is 24.2 Å². The van der Waals surface area contributed by atoms with E-state index in [4.69, 9.17) is 4.74 Å². The van der Waals surface area contributed by atoms with Crippen molar-refractivity contribution in [3.8, 4) is 5.75 Å². The van der Waals surface area contributed by atoms with Crippen molar-refractivity contribution in [2.45, 2.75) is 19.9 Å². The van der Waals surface area contributed by atoms with E-state index in [2.05, 4.69) is 17.2 Å². The Morgan fingerprint density at radius 2 is 2.21 bits per heavy atom. The van der Waals surface area contributed by atoms with E-state index in [9.17, 15) is 4.79 Å². The third-order valence-electron chi connectivity index (χ3n) is 2.61. The molecule has 1 atom stereocenters. The van der Waals surface area contributed by atoms with E-state index in [-0.39, 0.29) is 11.9 Å². The van der Waals surface area contributed by atoms with Crippen LogP contribution >= 0.6 is 0 Å². The molecule has 0 spiro atoms. The smallest absolute Gasteiger partial charge is 0.255 e. The van der Waals surface area contributed by atoms with Gasteiger partial charge in [0.25, 0.3) is 5.91 Å². The summed E-state index contributed by atoms with van der Waals surface area (Å²) in [6.07, 6.45) is 1.65. The van der Waals surface area contributed by atoms with E-state index in [0.717, 1.165) is 6.54 Å². The summed E-state index contributed by atoms with van der Waals surface area (Å²) in [6.45, 7) is 9.52. The Kier molecular flexibility index (Phi) is 6.68. The van der Waals surface area contributed by atoms with Crippen LogP contribution in [0.3, 0.4) is 0 Å². The first kappa shape index (κ1) is 15.2. The Morgan fingerprint density at radius 1 is 1.47 bits per heavy atom. The molecule has 0 saturated carbocycles. The fourth-order valence-corrected chi connectivity index (χ4v) is 1.69. The van der Waals surface area contributed by atoms with E-state index < -0.39 is 0 Å². The lowest BCUT2D eigenvalue weighted by atomic mass is 10.2. The summed E-state index contributed by atoms with van der Waals surface area (Å²) >= 11 is 0. The lowest BCUT2D eigenvalue weighted by Crippen LogP contribution is -2.38. The highest BCUT2D eigenvalue weighted by Gasteiger charge is 2.12. The summed E-state index contributed by atoms with van der Waals surface area (Å²) in [6, 6.07) is 7.45. The Balaban J connectivity index is 2.62. The first-order valence-corrected chi connectivity index (χ1v) is 6.53. The minimum atomic E-state index is -0.121. The number of likely N-dealkylation sites (N-methyl/N-ethyl adjacent to an activating group) is 1. The first-order valence-electron chi connectivity index (χ1n) is 6.53. The average Bonchev–Trinajstić information content (AvgIpc) is 2.43. The molecular formula is C15H22N2O2. The second-order valence-corrected chi connectivity index (χ2v) is 4.26. The molecular weight excluding hydrogens is 240 g/mol. The maximum absolute atomic E-state index is 12.1. The van der Waals surface area contributed by atoms with Gasteiger partial charge in [-0.1, -0.05) is 31.7 Å². The molecule has 0 bridgehead atoms. The van der Waals surface area contributed by atoms with Crippen molar-refractivity contribution in [1.82, 2.24) is 10.6 Å². The standard InChI is InChI=1S/C15H22N2O2/c1-4-10-19-14-9-7-6-8-13(14)15(18)17-11-12(3)16-5-2/h4,6-9,12,16H,1,5,10-11H2,2-3H3,(H,17,18)/t12-/m1/s1. The molecule has 0 unspecified atom stereocenters. The van der Waals surface area contributed by atoms with Crippen LogP contribution in [0.2, 0.25) is 0 Å². The molecule has 4 nitrogen and oxygen atoms in total. The van der Waals surface area contributed by atoms with E-state index in [1.165, 1.54) is 0 Å². The predicted molar refractivity (Wildman–Crippen MR) is 77.6 cm³/mol. The van der Waals surface area contributed by atoms with Crippen LogP contribution in [0.15, 0.2) is 36.9 Å². The highest BCUT2D eigenvalue weighted by molar-refractivity contribution is 5.96. The Morgan fingerprint density at radius 3 is 2.89 bits per heavy atom. The van der Waals surface area contributed by atoms with E-state index in [1.807, 2.05) is 26.0 Å². The Labute approximate surface area is 114 Å². The van der Waals surface area contributed by atoms with Crippen LogP contribution in [0, 0.1) is 0 Å². The van der Waals surface area contributed by atoms with Crippen LogP contribution in [-0.4, -0.2) is 31.6 Å². The van der Waals surface area contributed by atoms with Gasteiger partial charge in [-0.2, -0.15) is 0 Å². The van der Waals surface area contributed by atoms with E-state index >= 15 is 0 Å². The molecule has 0 aromatic heterocycles. The van der Waals surface area contributed by atoms with E-state index in [1.54, 1.807) is 18.2 Å². The van der Waals surface area contributed by atoms with Crippen LogP contribution in [0.25, 0.3) is 0 Å². The third kappa shape index (κ3) is 5.14. The van der Waals surface area contributed by atoms with Crippen molar-refractivity contribution in [3.05, 3.63) is 42.5 Å². The van der Waals surface area contributed by atoms with E-state index in [0.29, 0.717) is 24.5 Å². The van der Waals surface area contributed by atoms with Gasteiger partial charge in [0.2, 0.25) is 0 Å². The van der Waals surface area contributed by atoms with Gasteiger partial charge in [0.15, 0.2) is 0 Å². The minimum absolute atomic E-state index is 0.121. The normalized spacial score (nSPS) is 11.7. The predicted octanol–water partition coefficient (Wildman–Crippen LogP) is 1.98. The highest BCUT2D eigenvalue weighted by Crippen LogP contribution is 2.17. The van der Waals surface area contributed by atoms with Gasteiger partial charge >= 0.3 is 0 Å². The summed E-state index contributed by atoms with van der Waals surface area (Å²) in [5.41, 5.74) is 0.549. The quantitative estimate of drug-likeness (QED) is 0.704. The molecule has 0 aliphatic heterocycles. The number of amides is 1. The van der Waals surface area contributed by atoms with Crippen molar-refractivity contribution in [2.24, 2.45) is 0 Å².